The van der Waals surface area contributed by atoms with Gasteiger partial charge in [0.15, 0.2) is 0 Å². The Kier molecular flexibility index (Phi) is 19.9. The quantitative estimate of drug-likeness (QED) is 0.140. The normalized spacial score (nSPS) is 14.0. The van der Waals surface area contributed by atoms with E-state index in [2.05, 4.69) is 507 Å². The zero-order valence-electron chi connectivity index (χ0n) is 72.5. The Morgan fingerprint density at radius 1 is 0.227 bits per heavy atom. The summed E-state index contributed by atoms with van der Waals surface area (Å²) < 4.78 is 5.83. The molecule has 2 aromatic heterocycles. The molecule has 18 aromatic carbocycles. The largest absolute Gasteiger partial charge is 0.356 e. The number of halogens is 1. The third-order valence-corrected chi connectivity index (χ3v) is 27.9. The van der Waals surface area contributed by atoms with Gasteiger partial charge in [0.25, 0.3) is 0 Å². The molecule has 20 aromatic rings. The van der Waals surface area contributed by atoms with Crippen LogP contribution in [0.5, 0.6) is 0 Å². The molecule has 6 nitrogen and oxygen atoms in total. The second-order valence-corrected chi connectivity index (χ2v) is 37.2. The lowest BCUT2D eigenvalue weighted by molar-refractivity contribution is 0.597. The second kappa shape index (κ2) is 31.7. The molecule has 0 unspecified atom stereocenters. The molecule has 0 amide bonds. The van der Waals surface area contributed by atoms with Crippen LogP contribution < -0.4 is 20.0 Å². The zero-order chi connectivity index (χ0) is 86.0. The molecule has 4 aliphatic rings. The first-order valence-electron chi connectivity index (χ1n) is 44.2. The molecule has 0 atom stereocenters. The Hall–Kier alpha value is -14.8. The molecule has 0 bridgehead atoms. The third-order valence-electron chi connectivity index (χ3n) is 27.4. The number of hydrogen-bond acceptors (Lipinski definition) is 4. The number of benzene rings is 18. The van der Waals surface area contributed by atoms with E-state index in [4.69, 9.17) is 0 Å². The van der Waals surface area contributed by atoms with Crippen LogP contribution in [0.2, 0.25) is 0 Å². The maximum Gasteiger partial charge on any atom is 0.0544 e. The highest BCUT2D eigenvalue weighted by molar-refractivity contribution is 9.10. The van der Waals surface area contributed by atoms with Gasteiger partial charge in [-0.2, -0.15) is 0 Å². The van der Waals surface area contributed by atoms with Gasteiger partial charge in [0.05, 0.1) is 56.2 Å². The molecule has 0 saturated carbocycles. The fraction of sp³-hybridized carbons (Fsp3) is 0.107. The lowest BCUT2D eigenvalue weighted by Crippen LogP contribution is -2.38. The number of nitrogens with zero attached hydrogens (tertiary/aromatic N) is 5. The maximum absolute atomic E-state index is 3.59. The Labute approximate surface area is 759 Å². The van der Waals surface area contributed by atoms with E-state index in [1.807, 2.05) is 18.2 Å². The Bertz CT molecular complexity index is 7470. The summed E-state index contributed by atoms with van der Waals surface area (Å²) in [4.78, 5) is 7.40. The Balaban J connectivity index is 0.000000128. The van der Waals surface area contributed by atoms with Gasteiger partial charge in [0, 0.05) is 87.5 Å². The van der Waals surface area contributed by atoms with Crippen molar-refractivity contribution in [1.82, 2.24) is 9.13 Å². The van der Waals surface area contributed by atoms with E-state index in [0.29, 0.717) is 0 Å². The van der Waals surface area contributed by atoms with E-state index >= 15 is 0 Å². The Morgan fingerprint density at radius 3 is 0.875 bits per heavy atom. The molecule has 128 heavy (non-hydrogen) atoms. The van der Waals surface area contributed by atoms with Crippen molar-refractivity contribution in [3.8, 4) is 55.9 Å². The monoisotopic (exact) mass is 1710 g/mol. The van der Waals surface area contributed by atoms with Crippen molar-refractivity contribution in [3.63, 3.8) is 0 Å². The van der Waals surface area contributed by atoms with E-state index in [-0.39, 0.29) is 29.1 Å². The van der Waals surface area contributed by atoms with Crippen LogP contribution in [0.25, 0.3) is 99.5 Å². The van der Waals surface area contributed by atoms with E-state index in [1.165, 1.54) is 178 Å². The molecule has 0 saturated heterocycles. The van der Waals surface area contributed by atoms with Gasteiger partial charge in [-0.25, -0.2) is 0 Å². The van der Waals surface area contributed by atoms with E-state index < -0.39 is 0 Å². The van der Waals surface area contributed by atoms with Gasteiger partial charge >= 0.3 is 0 Å². The highest BCUT2D eigenvalue weighted by Crippen LogP contribution is 2.63. The molecule has 0 radical (unpaired) electrons. The minimum atomic E-state index is -0.182. The maximum atomic E-state index is 3.59. The molecule has 7 heteroatoms. The fourth-order valence-corrected chi connectivity index (χ4v) is 21.1. The first-order valence-corrected chi connectivity index (χ1v) is 45.0. The smallest absolute Gasteiger partial charge is 0.0544 e. The lowest BCUT2D eigenvalue weighted by Gasteiger charge is -2.49. The van der Waals surface area contributed by atoms with Crippen LogP contribution in [0, 0.1) is 0 Å². The molecule has 24 rings (SSSR count). The predicted octanol–water partition coefficient (Wildman–Crippen LogP) is 34.0. The summed E-state index contributed by atoms with van der Waals surface area (Å²) >= 11 is 3.59. The van der Waals surface area contributed by atoms with Gasteiger partial charge < -0.3 is 29.2 Å². The highest BCUT2D eigenvalue weighted by atomic mass is 79.9. The fourth-order valence-electron chi connectivity index (χ4n) is 20.8. The molecule has 1 N–H and O–H groups in total. The number of hydrogen-bond donors (Lipinski definition) is 1. The molecule has 0 fully saturated rings. The molecule has 6 heterocycles. The minimum Gasteiger partial charge on any atom is -0.356 e. The van der Waals surface area contributed by atoms with Crippen molar-refractivity contribution in [3.05, 3.63) is 474 Å². The van der Waals surface area contributed by atoms with Crippen molar-refractivity contribution in [2.45, 2.75) is 84.5 Å². The van der Waals surface area contributed by atoms with Crippen LogP contribution in [0.15, 0.2) is 429 Å². The van der Waals surface area contributed by atoms with Crippen molar-refractivity contribution in [2.75, 3.05) is 20.0 Å². The third kappa shape index (κ3) is 13.4. The molecule has 4 aliphatic heterocycles. The SMILES string of the molecule is C.CC1(C)c2ccccc2N2c3ccccc3C(C)(C)c3cc(-c4ccc(Br)cc4)cc1c32.CC1(C)c2ccccc2N2c3ccccc3C(C)(C)c3cc(-c4ccc(N(c5ccccc5)c5ccc(-c6ccc7c(c6)c6ccccc6n7-c6ccccc6)cc5)cc4)cc1c32.c1ccc(Nc2ccc(-c3ccc4c(c3)c3ccccc3n4-c3ccccc3)cc2)cc1. The number of aromatic nitrogens is 2. The first kappa shape index (κ1) is 80.4. The second-order valence-electron chi connectivity index (χ2n) is 36.3. The molecule has 620 valence electrons. The average molecular weight is 1720 g/mol. The molecule has 0 aliphatic carbocycles. The van der Waals surface area contributed by atoms with Crippen LogP contribution >= 0.6 is 15.9 Å². The summed E-state index contributed by atoms with van der Waals surface area (Å²) in [6.45, 7) is 19.1. The van der Waals surface area contributed by atoms with Gasteiger partial charge in [-0.3, -0.25) is 0 Å². The molecular formula is C121H99BrN6. The van der Waals surface area contributed by atoms with Gasteiger partial charge in [0.1, 0.15) is 0 Å². The number of rotatable bonds is 11. The Morgan fingerprint density at radius 2 is 0.500 bits per heavy atom. The van der Waals surface area contributed by atoms with Crippen molar-refractivity contribution >= 4 is 122 Å². The zero-order valence-corrected chi connectivity index (χ0v) is 74.1. The van der Waals surface area contributed by atoms with E-state index in [1.54, 1.807) is 0 Å². The minimum absolute atomic E-state index is 0. The summed E-state index contributed by atoms with van der Waals surface area (Å²) in [5, 5.41) is 8.51. The van der Waals surface area contributed by atoms with Gasteiger partial charge in [0.2, 0.25) is 0 Å². The standard InChI is InChI=1S/C60H47N3.C30H26BrN.C30H22N2.CH4/c1-59(2)50-22-12-15-25-56(50)63-57-26-16-13-23-51(57)60(3,4)53-39-43(38-52(59)58(53)63)41-29-34-47(35-30-41)61(44-17-7-5-8-18-44)46-32-27-40(28-33-46)42-31-36-55-49(37-42)48-21-11-14-24-54(48)62(55)45-19-9-6-10-20-45;1-29(2)22-9-5-7-11-26(22)32-27-12-8-6-10-23(27)30(3,4)25-18-20(17-24(29)28(25)32)19-13-15-21(31)16-14-19;1-3-9-24(10-4-1)31-25-18-15-22(16-19-25)23-17-20-30-28(21-23)27-13-7-8-14-29(27)32(30)26-11-5-2-6-12-26;/h5-39H,1-4H3;5-18H,1-4H3;1-21,31H;1H4. The number of para-hydroxylation sites is 10. The van der Waals surface area contributed by atoms with Crippen molar-refractivity contribution < 1.29 is 0 Å². The average Bonchev–Trinajstić information content (AvgIpc) is 1.24. The van der Waals surface area contributed by atoms with E-state index in [9.17, 15) is 0 Å². The van der Waals surface area contributed by atoms with Crippen molar-refractivity contribution in [2.24, 2.45) is 0 Å². The summed E-state index contributed by atoms with van der Waals surface area (Å²) in [6.07, 6.45) is 0. The van der Waals surface area contributed by atoms with Crippen molar-refractivity contribution in [1.29, 1.82) is 0 Å². The van der Waals surface area contributed by atoms with Gasteiger partial charge in [-0.1, -0.05) is 321 Å². The number of fused-ring (bicyclic) bond motifs is 14. The first-order chi connectivity index (χ1) is 61.9. The number of nitrogens with one attached hydrogen (secondary N) is 1. The number of anilines is 11. The molecule has 0 spiro atoms. The lowest BCUT2D eigenvalue weighted by atomic mass is 9.65. The topological polar surface area (TPSA) is 31.6 Å². The van der Waals surface area contributed by atoms with Crippen LogP contribution in [0.4, 0.5) is 62.6 Å². The highest BCUT2D eigenvalue weighted by Gasteiger charge is 2.48. The van der Waals surface area contributed by atoms with Crippen LogP contribution in [0.1, 0.15) is 107 Å². The summed E-state index contributed by atoms with van der Waals surface area (Å²) in [6, 6.07) is 154. The van der Waals surface area contributed by atoms with E-state index in [0.717, 1.165) is 32.9 Å². The van der Waals surface area contributed by atoms with Gasteiger partial charge in [-0.05, 0) is 271 Å². The molecular weight excluding hydrogens is 1620 g/mol. The van der Waals surface area contributed by atoms with Crippen LogP contribution in [-0.2, 0) is 21.7 Å². The predicted molar refractivity (Wildman–Crippen MR) is 546 cm³/mol. The van der Waals surface area contributed by atoms with Gasteiger partial charge in [-0.15, -0.1) is 0 Å². The van der Waals surface area contributed by atoms with Crippen LogP contribution in [0.3, 0.4) is 0 Å². The van der Waals surface area contributed by atoms with Crippen LogP contribution in [-0.4, -0.2) is 9.13 Å². The summed E-state index contributed by atoms with van der Waals surface area (Å²) in [5.41, 5.74) is 40.8. The summed E-state index contributed by atoms with van der Waals surface area (Å²) in [5.74, 6) is 0. The summed E-state index contributed by atoms with van der Waals surface area (Å²) in [7, 11) is 0.